The maximum Gasteiger partial charge on any atom is 0.335 e. The Labute approximate surface area is 149 Å². The number of nitrogens with zero attached hydrogens (tertiary/aromatic N) is 1. The van der Waals surface area contributed by atoms with E-state index in [1.165, 1.54) is 24.3 Å². The SMILES string of the molecule is O=C1CN(c2ccc(CCc3ccc(C(=O)O)cc3)cc2O)S(=O)(=O)N1. The number of carbonyl (C=O) groups is 2. The predicted molar refractivity (Wildman–Crippen MR) is 93.3 cm³/mol. The van der Waals surface area contributed by atoms with Crippen LogP contribution in [0.2, 0.25) is 0 Å². The van der Waals surface area contributed by atoms with Gasteiger partial charge in [-0.2, -0.15) is 8.42 Å². The molecule has 0 saturated carbocycles. The summed E-state index contributed by atoms with van der Waals surface area (Å²) < 4.78 is 26.3. The van der Waals surface area contributed by atoms with Crippen molar-refractivity contribution in [2.75, 3.05) is 10.8 Å². The largest absolute Gasteiger partial charge is 0.506 e. The second kappa shape index (κ2) is 6.68. The Morgan fingerprint density at radius 3 is 2.23 bits per heavy atom. The summed E-state index contributed by atoms with van der Waals surface area (Å²) in [6.07, 6.45) is 1.20. The molecule has 1 heterocycles. The molecule has 1 saturated heterocycles. The molecule has 1 aliphatic rings. The van der Waals surface area contributed by atoms with Crippen LogP contribution in [0.3, 0.4) is 0 Å². The van der Waals surface area contributed by atoms with Gasteiger partial charge in [-0.1, -0.05) is 18.2 Å². The van der Waals surface area contributed by atoms with Crippen molar-refractivity contribution >= 4 is 27.8 Å². The van der Waals surface area contributed by atoms with Gasteiger partial charge < -0.3 is 10.2 Å². The molecule has 0 unspecified atom stereocenters. The van der Waals surface area contributed by atoms with Crippen LogP contribution in [0.4, 0.5) is 5.69 Å². The number of rotatable bonds is 5. The molecule has 8 nitrogen and oxygen atoms in total. The number of aromatic hydroxyl groups is 1. The average molecular weight is 376 g/mol. The minimum atomic E-state index is -3.97. The second-order valence-electron chi connectivity index (χ2n) is 5.86. The molecule has 1 amide bonds. The average Bonchev–Trinajstić information content (AvgIpc) is 2.85. The molecule has 0 atom stereocenters. The third kappa shape index (κ3) is 3.62. The number of hydrogen-bond acceptors (Lipinski definition) is 5. The molecule has 3 rings (SSSR count). The van der Waals surface area contributed by atoms with E-state index in [4.69, 9.17) is 5.11 Å². The maximum atomic E-state index is 11.8. The van der Waals surface area contributed by atoms with Gasteiger partial charge in [-0.3, -0.25) is 4.79 Å². The van der Waals surface area contributed by atoms with Crippen LogP contribution in [0, 0.1) is 0 Å². The Morgan fingerprint density at radius 2 is 1.69 bits per heavy atom. The van der Waals surface area contributed by atoms with E-state index in [1.54, 1.807) is 18.2 Å². The van der Waals surface area contributed by atoms with Crippen molar-refractivity contribution < 1.29 is 28.2 Å². The van der Waals surface area contributed by atoms with E-state index in [9.17, 15) is 23.1 Å². The van der Waals surface area contributed by atoms with E-state index >= 15 is 0 Å². The molecule has 0 radical (unpaired) electrons. The zero-order valence-corrected chi connectivity index (χ0v) is 14.4. The zero-order valence-electron chi connectivity index (χ0n) is 13.5. The first-order valence-corrected chi connectivity index (χ1v) is 9.18. The monoisotopic (exact) mass is 376 g/mol. The second-order valence-corrected chi connectivity index (χ2v) is 7.46. The van der Waals surface area contributed by atoms with Gasteiger partial charge >= 0.3 is 16.2 Å². The summed E-state index contributed by atoms with van der Waals surface area (Å²) in [5.74, 6) is -1.87. The summed E-state index contributed by atoms with van der Waals surface area (Å²) >= 11 is 0. The first-order valence-electron chi connectivity index (χ1n) is 7.74. The van der Waals surface area contributed by atoms with Crippen LogP contribution in [0.25, 0.3) is 0 Å². The molecule has 1 fully saturated rings. The summed E-state index contributed by atoms with van der Waals surface area (Å²) in [6.45, 7) is -0.370. The van der Waals surface area contributed by atoms with Gasteiger partial charge in [0, 0.05) is 0 Å². The fraction of sp³-hybridized carbons (Fsp3) is 0.176. The fourth-order valence-electron chi connectivity index (χ4n) is 2.70. The number of carboxylic acid groups (broad SMARTS) is 1. The number of benzene rings is 2. The predicted octanol–water partition coefficient (Wildman–Crippen LogP) is 1.06. The molecule has 2 aromatic carbocycles. The van der Waals surface area contributed by atoms with Gasteiger partial charge in [0.1, 0.15) is 12.3 Å². The Kier molecular flexibility index (Phi) is 4.56. The van der Waals surface area contributed by atoms with E-state index < -0.39 is 22.1 Å². The van der Waals surface area contributed by atoms with E-state index in [-0.39, 0.29) is 23.5 Å². The highest BCUT2D eigenvalue weighted by atomic mass is 32.2. The quantitative estimate of drug-likeness (QED) is 0.717. The zero-order chi connectivity index (χ0) is 18.9. The van der Waals surface area contributed by atoms with Crippen LogP contribution in [0.5, 0.6) is 5.75 Å². The summed E-state index contributed by atoms with van der Waals surface area (Å²) in [6, 6.07) is 11.1. The Balaban J connectivity index is 1.72. The Morgan fingerprint density at radius 1 is 1.08 bits per heavy atom. The van der Waals surface area contributed by atoms with Crippen molar-refractivity contribution in [3.05, 3.63) is 59.2 Å². The number of anilines is 1. The number of amides is 1. The molecular formula is C17H16N2O6S. The third-order valence-corrected chi connectivity index (χ3v) is 5.42. The number of phenolic OH excluding ortho intramolecular Hbond substituents is 1. The molecule has 0 bridgehead atoms. The first-order chi connectivity index (χ1) is 12.3. The van der Waals surface area contributed by atoms with Crippen LogP contribution in [0.15, 0.2) is 42.5 Å². The van der Waals surface area contributed by atoms with Gasteiger partial charge in [0.15, 0.2) is 0 Å². The Hall–Kier alpha value is -3.07. The van der Waals surface area contributed by atoms with Crippen molar-refractivity contribution in [1.82, 2.24) is 4.72 Å². The number of aryl methyl sites for hydroxylation is 2. The molecule has 0 spiro atoms. The fourth-order valence-corrected chi connectivity index (χ4v) is 3.86. The smallest absolute Gasteiger partial charge is 0.335 e. The normalized spacial score (nSPS) is 15.7. The van der Waals surface area contributed by atoms with E-state index in [0.717, 1.165) is 15.4 Å². The van der Waals surface area contributed by atoms with Gasteiger partial charge in [0.25, 0.3) is 5.91 Å². The number of hydrogen-bond donors (Lipinski definition) is 3. The van der Waals surface area contributed by atoms with E-state index in [2.05, 4.69) is 0 Å². The Bertz CT molecular complexity index is 969. The summed E-state index contributed by atoms with van der Waals surface area (Å²) in [4.78, 5) is 22.1. The molecule has 2 aromatic rings. The number of carboxylic acids is 1. The van der Waals surface area contributed by atoms with Gasteiger partial charge in [-0.25, -0.2) is 13.8 Å². The molecule has 9 heteroatoms. The van der Waals surface area contributed by atoms with Crippen LogP contribution in [0.1, 0.15) is 21.5 Å². The number of nitrogens with one attached hydrogen (secondary N) is 1. The van der Waals surface area contributed by atoms with E-state index in [0.29, 0.717) is 12.8 Å². The topological polar surface area (TPSA) is 124 Å². The minimum absolute atomic E-state index is 0.0397. The van der Waals surface area contributed by atoms with Crippen LogP contribution >= 0.6 is 0 Å². The van der Waals surface area contributed by atoms with Crippen molar-refractivity contribution in [2.45, 2.75) is 12.8 Å². The highest BCUT2D eigenvalue weighted by Crippen LogP contribution is 2.31. The van der Waals surface area contributed by atoms with Crippen LogP contribution < -0.4 is 9.03 Å². The lowest BCUT2D eigenvalue weighted by Gasteiger charge is -2.16. The standard InChI is InChI=1S/C17H16N2O6S/c20-15-9-12(2-1-11-3-6-13(7-4-11)17(22)23)5-8-14(15)19-10-16(21)18-26(19,24)25/h3-9,20H,1-2,10H2,(H,18,21)(H,22,23). The summed E-state index contributed by atoms with van der Waals surface area (Å²) in [5, 5.41) is 19.0. The lowest BCUT2D eigenvalue weighted by atomic mass is 10.0. The van der Waals surface area contributed by atoms with E-state index in [1.807, 2.05) is 4.72 Å². The molecule has 3 N–H and O–H groups in total. The number of phenols is 1. The lowest BCUT2D eigenvalue weighted by Crippen LogP contribution is -2.29. The molecule has 1 aliphatic heterocycles. The van der Waals surface area contributed by atoms with Crippen molar-refractivity contribution in [3.8, 4) is 5.75 Å². The molecular weight excluding hydrogens is 360 g/mol. The summed E-state index contributed by atoms with van der Waals surface area (Å²) in [5.41, 5.74) is 1.98. The van der Waals surface area contributed by atoms with Crippen molar-refractivity contribution in [2.24, 2.45) is 0 Å². The molecule has 0 aromatic heterocycles. The van der Waals surface area contributed by atoms with Crippen LogP contribution in [-0.2, 0) is 27.8 Å². The summed E-state index contributed by atoms with van der Waals surface area (Å²) in [7, 11) is -3.97. The number of aromatic carboxylic acids is 1. The third-order valence-electron chi connectivity index (χ3n) is 4.03. The van der Waals surface area contributed by atoms with Gasteiger partial charge in [0.2, 0.25) is 0 Å². The van der Waals surface area contributed by atoms with Gasteiger partial charge in [-0.05, 0) is 48.2 Å². The van der Waals surface area contributed by atoms with Gasteiger partial charge in [-0.15, -0.1) is 0 Å². The molecule has 0 aliphatic carbocycles. The highest BCUT2D eigenvalue weighted by molar-refractivity contribution is 7.92. The molecule has 136 valence electrons. The first kappa shape index (κ1) is 17.7. The number of carbonyl (C=O) groups excluding carboxylic acids is 1. The van der Waals surface area contributed by atoms with Crippen molar-refractivity contribution in [3.63, 3.8) is 0 Å². The molecule has 26 heavy (non-hydrogen) atoms. The highest BCUT2D eigenvalue weighted by Gasteiger charge is 2.35. The minimum Gasteiger partial charge on any atom is -0.506 e. The lowest BCUT2D eigenvalue weighted by molar-refractivity contribution is -0.117. The van der Waals surface area contributed by atoms with Crippen LogP contribution in [-0.4, -0.2) is 37.1 Å². The van der Waals surface area contributed by atoms with Crippen molar-refractivity contribution in [1.29, 1.82) is 0 Å². The van der Waals surface area contributed by atoms with Gasteiger partial charge in [0.05, 0.1) is 11.3 Å². The maximum absolute atomic E-state index is 11.8.